The Kier molecular flexibility index (Phi) is 48.4. The maximum Gasteiger partial charge on any atom is 0.306 e. The summed E-state index contributed by atoms with van der Waals surface area (Å²) in [7, 11) is 0. The second kappa shape index (κ2) is 50.8. The van der Waals surface area contributed by atoms with Crippen LogP contribution >= 0.6 is 0 Å². The number of ether oxygens (including phenoxy) is 3. The Morgan fingerprint density at radius 1 is 0.323 bits per heavy atom. The van der Waals surface area contributed by atoms with E-state index in [0.29, 0.717) is 19.3 Å². The molecule has 6 nitrogen and oxygen atoms in total. The molecular formula is C56H98O6. The number of hydrogen-bond donors (Lipinski definition) is 0. The fraction of sp³-hybridized carbons (Fsp3) is 0.768. The van der Waals surface area contributed by atoms with Crippen LogP contribution in [0.15, 0.2) is 60.8 Å². The molecule has 0 radical (unpaired) electrons. The van der Waals surface area contributed by atoms with E-state index in [1.807, 2.05) is 0 Å². The molecule has 1 unspecified atom stereocenters. The van der Waals surface area contributed by atoms with Crippen molar-refractivity contribution in [3.8, 4) is 0 Å². The van der Waals surface area contributed by atoms with E-state index in [1.54, 1.807) is 0 Å². The van der Waals surface area contributed by atoms with Crippen molar-refractivity contribution < 1.29 is 28.6 Å². The lowest BCUT2D eigenvalue weighted by atomic mass is 10.1. The van der Waals surface area contributed by atoms with Crippen LogP contribution in [0.5, 0.6) is 0 Å². The van der Waals surface area contributed by atoms with E-state index >= 15 is 0 Å². The molecule has 358 valence electrons. The Morgan fingerprint density at radius 2 is 0.597 bits per heavy atom. The van der Waals surface area contributed by atoms with Crippen LogP contribution in [0.4, 0.5) is 0 Å². The van der Waals surface area contributed by atoms with Crippen LogP contribution in [-0.4, -0.2) is 37.2 Å². The highest BCUT2D eigenvalue weighted by molar-refractivity contribution is 5.71. The van der Waals surface area contributed by atoms with Gasteiger partial charge in [-0.3, -0.25) is 14.4 Å². The zero-order chi connectivity index (χ0) is 45.1. The number of carbonyl (C=O) groups is 3. The minimum atomic E-state index is -0.795. The third-order valence-electron chi connectivity index (χ3n) is 11.2. The molecule has 0 bridgehead atoms. The third-order valence-corrected chi connectivity index (χ3v) is 11.2. The van der Waals surface area contributed by atoms with Crippen LogP contribution in [0.25, 0.3) is 0 Å². The van der Waals surface area contributed by atoms with Crippen molar-refractivity contribution >= 4 is 17.9 Å². The maximum absolute atomic E-state index is 12.8. The van der Waals surface area contributed by atoms with Gasteiger partial charge in [0.1, 0.15) is 13.2 Å². The van der Waals surface area contributed by atoms with Crippen LogP contribution in [-0.2, 0) is 28.6 Å². The first-order chi connectivity index (χ1) is 30.5. The minimum Gasteiger partial charge on any atom is -0.462 e. The quantitative estimate of drug-likeness (QED) is 0.0262. The predicted octanol–water partition coefficient (Wildman–Crippen LogP) is 17.3. The topological polar surface area (TPSA) is 78.9 Å². The zero-order valence-electron chi connectivity index (χ0n) is 40.9. The van der Waals surface area contributed by atoms with Gasteiger partial charge in [-0.05, 0) is 83.5 Å². The first-order valence-electron chi connectivity index (χ1n) is 26.3. The molecule has 0 aliphatic heterocycles. The minimum absolute atomic E-state index is 0.0912. The lowest BCUT2D eigenvalue weighted by Gasteiger charge is -2.18. The third kappa shape index (κ3) is 48.1. The lowest BCUT2D eigenvalue weighted by Crippen LogP contribution is -2.30. The van der Waals surface area contributed by atoms with E-state index < -0.39 is 6.10 Å². The van der Waals surface area contributed by atoms with E-state index in [1.165, 1.54) is 148 Å². The van der Waals surface area contributed by atoms with Crippen molar-refractivity contribution in [3.05, 3.63) is 60.8 Å². The molecule has 0 heterocycles. The molecule has 1 atom stereocenters. The average Bonchev–Trinajstić information content (AvgIpc) is 3.27. The van der Waals surface area contributed by atoms with E-state index in [9.17, 15) is 14.4 Å². The van der Waals surface area contributed by atoms with Gasteiger partial charge in [0, 0.05) is 19.3 Å². The van der Waals surface area contributed by atoms with Gasteiger partial charge < -0.3 is 14.2 Å². The van der Waals surface area contributed by atoms with Crippen LogP contribution in [0.1, 0.15) is 258 Å². The monoisotopic (exact) mass is 867 g/mol. The van der Waals surface area contributed by atoms with Gasteiger partial charge in [0.15, 0.2) is 6.10 Å². The number of rotatable bonds is 47. The van der Waals surface area contributed by atoms with Crippen molar-refractivity contribution in [2.45, 2.75) is 264 Å². The molecule has 0 amide bonds. The molecule has 6 heteroatoms. The van der Waals surface area contributed by atoms with Crippen LogP contribution in [0, 0.1) is 0 Å². The number of allylic oxidation sites excluding steroid dienone is 10. The molecule has 0 N–H and O–H groups in total. The summed E-state index contributed by atoms with van der Waals surface area (Å²) in [6.07, 6.45) is 62.1. The summed E-state index contributed by atoms with van der Waals surface area (Å²) < 4.78 is 16.7. The normalized spacial score (nSPS) is 12.5. The van der Waals surface area contributed by atoms with Gasteiger partial charge in [-0.15, -0.1) is 0 Å². The second-order valence-corrected chi connectivity index (χ2v) is 17.4. The molecule has 0 aromatic carbocycles. The summed E-state index contributed by atoms with van der Waals surface area (Å²) in [4.78, 5) is 37.9. The zero-order valence-corrected chi connectivity index (χ0v) is 40.9. The van der Waals surface area contributed by atoms with Crippen molar-refractivity contribution in [1.82, 2.24) is 0 Å². The van der Waals surface area contributed by atoms with Gasteiger partial charge in [-0.1, -0.05) is 216 Å². The van der Waals surface area contributed by atoms with E-state index in [-0.39, 0.29) is 37.5 Å². The molecule has 0 fully saturated rings. The fourth-order valence-corrected chi connectivity index (χ4v) is 7.25. The number of carbonyl (C=O) groups excluding carboxylic acids is 3. The van der Waals surface area contributed by atoms with Crippen molar-refractivity contribution in [2.24, 2.45) is 0 Å². The van der Waals surface area contributed by atoms with Gasteiger partial charge in [0.25, 0.3) is 0 Å². The first-order valence-corrected chi connectivity index (χ1v) is 26.3. The number of unbranched alkanes of at least 4 members (excludes halogenated alkanes) is 26. The Hall–Kier alpha value is -2.89. The number of esters is 3. The highest BCUT2D eigenvalue weighted by Gasteiger charge is 2.19. The Balaban J connectivity index is 4.43. The number of hydrogen-bond acceptors (Lipinski definition) is 6. The summed E-state index contributed by atoms with van der Waals surface area (Å²) in [6, 6.07) is 0. The average molecular weight is 867 g/mol. The summed E-state index contributed by atoms with van der Waals surface area (Å²) in [6.45, 7) is 6.55. The van der Waals surface area contributed by atoms with Crippen LogP contribution in [0.3, 0.4) is 0 Å². The van der Waals surface area contributed by atoms with E-state index in [4.69, 9.17) is 14.2 Å². The van der Waals surface area contributed by atoms with Gasteiger partial charge >= 0.3 is 17.9 Å². The molecular weight excluding hydrogens is 769 g/mol. The second-order valence-electron chi connectivity index (χ2n) is 17.4. The van der Waals surface area contributed by atoms with Crippen molar-refractivity contribution in [2.75, 3.05) is 13.2 Å². The Labute approximate surface area is 383 Å². The standard InChI is InChI=1S/C56H98O6/c1-4-7-10-13-16-19-22-24-26-28-30-32-34-37-40-43-46-49-55(58)61-52-53(51-60-54(57)48-45-42-39-36-21-18-15-12-9-6-3)62-56(59)50-47-44-41-38-35-33-31-29-27-25-23-20-17-14-11-8-5-2/h16,19,24-27,30,32,37,40,53H,4-15,17-18,20-23,28-29,31,33-36,38-39,41-52H2,1-3H3/b19-16-,26-24-,27-25-,32-30-,40-37-. The molecule has 0 aromatic rings. The lowest BCUT2D eigenvalue weighted by molar-refractivity contribution is -0.167. The Bertz CT molecular complexity index is 1130. The van der Waals surface area contributed by atoms with Gasteiger partial charge in [-0.2, -0.15) is 0 Å². The molecule has 0 aliphatic rings. The smallest absolute Gasteiger partial charge is 0.306 e. The summed E-state index contributed by atoms with van der Waals surface area (Å²) >= 11 is 0. The molecule has 0 aliphatic carbocycles. The molecule has 0 saturated carbocycles. The van der Waals surface area contributed by atoms with Gasteiger partial charge in [-0.25, -0.2) is 0 Å². The summed E-state index contributed by atoms with van der Waals surface area (Å²) in [5, 5.41) is 0. The van der Waals surface area contributed by atoms with Crippen molar-refractivity contribution in [3.63, 3.8) is 0 Å². The SMILES string of the molecule is CCCCC/C=C\C/C=C\C/C=C\C/C=C\CCCC(=O)OCC(COC(=O)CCCCCCCCCCCC)OC(=O)CCCCCCCCC/C=C\CCCCCCCC. The van der Waals surface area contributed by atoms with E-state index in [2.05, 4.69) is 81.5 Å². The van der Waals surface area contributed by atoms with Gasteiger partial charge in [0.2, 0.25) is 0 Å². The van der Waals surface area contributed by atoms with Crippen LogP contribution in [0.2, 0.25) is 0 Å². The summed E-state index contributed by atoms with van der Waals surface area (Å²) in [5.41, 5.74) is 0. The molecule has 0 saturated heterocycles. The summed E-state index contributed by atoms with van der Waals surface area (Å²) in [5.74, 6) is -0.951. The molecule has 62 heavy (non-hydrogen) atoms. The molecule has 0 aromatic heterocycles. The molecule has 0 rings (SSSR count). The highest BCUT2D eigenvalue weighted by Crippen LogP contribution is 2.14. The van der Waals surface area contributed by atoms with E-state index in [0.717, 1.165) is 64.2 Å². The molecule has 0 spiro atoms. The predicted molar refractivity (Wildman–Crippen MR) is 265 cm³/mol. The largest absolute Gasteiger partial charge is 0.462 e. The first kappa shape index (κ1) is 59.1. The maximum atomic E-state index is 12.8. The van der Waals surface area contributed by atoms with Crippen molar-refractivity contribution in [1.29, 1.82) is 0 Å². The highest BCUT2D eigenvalue weighted by atomic mass is 16.6. The van der Waals surface area contributed by atoms with Gasteiger partial charge in [0.05, 0.1) is 0 Å². The Morgan fingerprint density at radius 3 is 1.02 bits per heavy atom. The van der Waals surface area contributed by atoms with Crippen LogP contribution < -0.4 is 0 Å². The fourth-order valence-electron chi connectivity index (χ4n) is 7.25.